The molecule has 2 amide bonds. The molecule has 11 nitrogen and oxygen atoms in total. The molecule has 1 aliphatic carbocycles. The van der Waals surface area contributed by atoms with Gasteiger partial charge in [-0.2, -0.15) is 0 Å². The van der Waals surface area contributed by atoms with Crippen molar-refractivity contribution < 1.29 is 38.8 Å². The molecule has 0 radical (unpaired) electrons. The smallest absolute Gasteiger partial charge is 0.405 e. The van der Waals surface area contributed by atoms with Gasteiger partial charge in [-0.3, -0.25) is 9.59 Å². The predicted molar refractivity (Wildman–Crippen MR) is 159 cm³/mol. The number of hydrogen-bond donors (Lipinski definition) is 5. The first-order valence-electron chi connectivity index (χ1n) is 13.9. The van der Waals surface area contributed by atoms with E-state index in [9.17, 15) is 24.6 Å². The molecule has 1 heterocycles. The molecule has 0 spiro atoms. The van der Waals surface area contributed by atoms with Crippen LogP contribution in [0, 0.1) is 11.8 Å². The molecular weight excluding hydrogens is 542 g/mol. The number of carbonyl (C=O) groups is 3. The lowest BCUT2D eigenvalue weighted by atomic mass is 9.84. The van der Waals surface area contributed by atoms with E-state index in [0.717, 1.165) is 0 Å². The van der Waals surface area contributed by atoms with E-state index in [2.05, 4.69) is 17.2 Å². The molecule has 2 rings (SSSR count). The summed E-state index contributed by atoms with van der Waals surface area (Å²) >= 11 is 0. The van der Waals surface area contributed by atoms with Gasteiger partial charge in [0.25, 0.3) is 5.91 Å². The summed E-state index contributed by atoms with van der Waals surface area (Å²) in [5.41, 5.74) is 6.97. The number of carbonyl (C=O) groups excluding carboxylic acids is 3. The summed E-state index contributed by atoms with van der Waals surface area (Å²) < 4.78 is 16.6. The van der Waals surface area contributed by atoms with Crippen LogP contribution in [0.5, 0.6) is 0 Å². The van der Waals surface area contributed by atoms with E-state index in [1.807, 2.05) is 13.8 Å². The minimum atomic E-state index is -1.24. The van der Waals surface area contributed by atoms with Gasteiger partial charge in [0, 0.05) is 38.3 Å². The molecule has 42 heavy (non-hydrogen) atoms. The monoisotopic (exact) mass is 587 g/mol. The van der Waals surface area contributed by atoms with Gasteiger partial charge in [0.05, 0.1) is 23.6 Å². The SMILES string of the molecule is C=CCNC1=C2C[C@@H](C)C[C@H](OC)[C@H](O)[C@@H](C)C=C(C)[C@H](OC(N)=O)[C@@H](OC)C=CC=C(C)C(=O)NC(=CC1=O)C2O. The van der Waals surface area contributed by atoms with Crippen LogP contribution in [0.15, 0.2) is 71.1 Å². The Kier molecular flexibility index (Phi) is 13.4. The molecular formula is C31H45N3O8. The Morgan fingerprint density at radius 3 is 2.50 bits per heavy atom. The fraction of sp³-hybridized carbons (Fsp3) is 0.516. The van der Waals surface area contributed by atoms with Crippen LogP contribution in [0.4, 0.5) is 4.79 Å². The predicted octanol–water partition coefficient (Wildman–Crippen LogP) is 2.33. The molecule has 7 atom stereocenters. The molecule has 11 heteroatoms. The van der Waals surface area contributed by atoms with Gasteiger partial charge in [0.15, 0.2) is 6.10 Å². The van der Waals surface area contributed by atoms with Gasteiger partial charge >= 0.3 is 6.09 Å². The number of ether oxygens (including phenoxy) is 3. The number of hydrogen-bond acceptors (Lipinski definition) is 9. The summed E-state index contributed by atoms with van der Waals surface area (Å²) in [5.74, 6) is -1.47. The molecule has 6 N–H and O–H groups in total. The number of amides is 2. The number of fused-ring (bicyclic) bond motifs is 2. The van der Waals surface area contributed by atoms with Crippen LogP contribution in [0.2, 0.25) is 0 Å². The van der Waals surface area contributed by atoms with Crippen molar-refractivity contribution in [2.24, 2.45) is 17.6 Å². The van der Waals surface area contributed by atoms with Crippen LogP contribution >= 0.6 is 0 Å². The van der Waals surface area contributed by atoms with Gasteiger partial charge in [-0.25, -0.2) is 4.79 Å². The zero-order valence-electron chi connectivity index (χ0n) is 25.3. The molecule has 0 saturated carbocycles. The molecule has 0 saturated heterocycles. The Morgan fingerprint density at radius 2 is 1.90 bits per heavy atom. The van der Waals surface area contributed by atoms with E-state index in [1.54, 1.807) is 38.2 Å². The minimum Gasteiger partial charge on any atom is -0.439 e. The van der Waals surface area contributed by atoms with Crippen molar-refractivity contribution in [1.82, 2.24) is 10.6 Å². The van der Waals surface area contributed by atoms with E-state index in [1.165, 1.54) is 26.4 Å². The van der Waals surface area contributed by atoms with E-state index in [-0.39, 0.29) is 35.1 Å². The van der Waals surface area contributed by atoms with E-state index in [4.69, 9.17) is 19.9 Å². The number of primary amides is 1. The second kappa shape index (κ2) is 16.2. The highest BCUT2D eigenvalue weighted by Crippen LogP contribution is 2.30. The zero-order chi connectivity index (χ0) is 31.6. The Morgan fingerprint density at radius 1 is 1.21 bits per heavy atom. The number of rotatable bonds is 6. The molecule has 0 aromatic carbocycles. The lowest BCUT2D eigenvalue weighted by molar-refractivity contribution is -0.117. The Balaban J connectivity index is 2.61. The Hall–Kier alpha value is -3.51. The fourth-order valence-electron chi connectivity index (χ4n) is 5.11. The van der Waals surface area contributed by atoms with Crippen molar-refractivity contribution in [3.8, 4) is 0 Å². The second-order valence-corrected chi connectivity index (χ2v) is 10.8. The van der Waals surface area contributed by atoms with Crippen molar-refractivity contribution >= 4 is 17.8 Å². The van der Waals surface area contributed by atoms with Gasteiger partial charge in [-0.1, -0.05) is 44.2 Å². The lowest BCUT2D eigenvalue weighted by Gasteiger charge is -2.31. The van der Waals surface area contributed by atoms with Crippen LogP contribution in [0.25, 0.3) is 0 Å². The largest absolute Gasteiger partial charge is 0.439 e. The minimum absolute atomic E-state index is 0.0625. The fourth-order valence-corrected chi connectivity index (χ4v) is 5.11. The maximum atomic E-state index is 13.1. The molecule has 1 aliphatic heterocycles. The molecule has 232 valence electrons. The average molecular weight is 588 g/mol. The molecule has 1 unspecified atom stereocenters. The van der Waals surface area contributed by atoms with Crippen molar-refractivity contribution in [1.29, 1.82) is 0 Å². The number of nitrogens with two attached hydrogens (primary N) is 1. The number of methoxy groups -OCH3 is 2. The van der Waals surface area contributed by atoms with Gasteiger partial charge in [-0.05, 0) is 43.8 Å². The maximum absolute atomic E-state index is 13.1. The van der Waals surface area contributed by atoms with Gasteiger partial charge < -0.3 is 40.8 Å². The number of aliphatic hydroxyl groups is 2. The first kappa shape index (κ1) is 34.7. The van der Waals surface area contributed by atoms with Crippen LogP contribution in [-0.4, -0.2) is 79.3 Å². The number of allylic oxidation sites excluding steroid dienone is 3. The van der Waals surface area contributed by atoms with E-state index < -0.39 is 48.4 Å². The third-order valence-electron chi connectivity index (χ3n) is 7.38. The van der Waals surface area contributed by atoms with E-state index >= 15 is 0 Å². The average Bonchev–Trinajstić information content (AvgIpc) is 2.94. The molecule has 2 aliphatic rings. The van der Waals surface area contributed by atoms with Crippen LogP contribution in [-0.2, 0) is 23.8 Å². The standard InChI is InChI=1S/C31H45N3O8/c1-8-12-33-26-21-13-17(2)14-25(41-7)27(36)19(4)15-20(5)29(42-31(32)39)24(40-6)11-9-10-18(3)30(38)34-22(28(21)37)16-23(26)35/h8-11,15-17,19,24-25,27-29,33,36-37H,1,12-14H2,2-7H3,(H2,32,39)(H,34,38)/t17-,19+,24+,25+,27-,28?,29+/m1/s1. The van der Waals surface area contributed by atoms with Crippen molar-refractivity contribution in [2.45, 2.75) is 71.1 Å². The summed E-state index contributed by atoms with van der Waals surface area (Å²) in [5, 5.41) is 28.2. The van der Waals surface area contributed by atoms with Crippen LogP contribution in [0.3, 0.4) is 0 Å². The number of aliphatic hydroxyl groups excluding tert-OH is 2. The van der Waals surface area contributed by atoms with E-state index in [0.29, 0.717) is 24.1 Å². The highest BCUT2D eigenvalue weighted by molar-refractivity contribution is 6.07. The van der Waals surface area contributed by atoms with Crippen molar-refractivity contribution in [3.05, 3.63) is 71.1 Å². The topological polar surface area (TPSA) is 169 Å². The molecule has 0 fully saturated rings. The Bertz CT molecular complexity index is 1170. The molecule has 0 aromatic rings. The van der Waals surface area contributed by atoms with Gasteiger partial charge in [-0.15, -0.1) is 6.58 Å². The summed E-state index contributed by atoms with van der Waals surface area (Å²) in [6, 6.07) is 0. The highest BCUT2D eigenvalue weighted by atomic mass is 16.6. The van der Waals surface area contributed by atoms with Crippen LogP contribution < -0.4 is 16.4 Å². The third kappa shape index (κ3) is 9.25. The first-order valence-corrected chi connectivity index (χ1v) is 13.9. The number of ketones is 1. The highest BCUT2D eigenvalue weighted by Gasteiger charge is 2.33. The lowest BCUT2D eigenvalue weighted by Crippen LogP contribution is -2.39. The molecule has 0 aromatic heterocycles. The summed E-state index contributed by atoms with van der Waals surface area (Å²) in [6.07, 6.45) is 4.53. The van der Waals surface area contributed by atoms with Gasteiger partial charge in [0.1, 0.15) is 12.2 Å². The maximum Gasteiger partial charge on any atom is 0.405 e. The normalized spacial score (nSPS) is 30.1. The summed E-state index contributed by atoms with van der Waals surface area (Å²) in [6.45, 7) is 11.1. The summed E-state index contributed by atoms with van der Waals surface area (Å²) in [4.78, 5) is 37.8. The quantitative estimate of drug-likeness (QED) is 0.293. The zero-order valence-corrected chi connectivity index (χ0v) is 25.3. The second-order valence-electron chi connectivity index (χ2n) is 10.8. The van der Waals surface area contributed by atoms with Crippen molar-refractivity contribution in [3.63, 3.8) is 0 Å². The summed E-state index contributed by atoms with van der Waals surface area (Å²) in [7, 11) is 2.95. The Labute approximate surface area is 247 Å². The van der Waals surface area contributed by atoms with Gasteiger partial charge in [0.2, 0.25) is 5.78 Å². The number of nitrogens with one attached hydrogen (secondary N) is 2. The molecule has 2 bridgehead atoms. The first-order chi connectivity index (χ1) is 19.8. The van der Waals surface area contributed by atoms with Crippen LogP contribution in [0.1, 0.15) is 40.5 Å². The third-order valence-corrected chi connectivity index (χ3v) is 7.38. The van der Waals surface area contributed by atoms with Crippen molar-refractivity contribution in [2.75, 3.05) is 20.8 Å².